The van der Waals surface area contributed by atoms with Gasteiger partial charge in [0, 0.05) is 25.0 Å². The number of carbonyl (C=O) groups is 1. The number of fused-ring (bicyclic) bond motifs is 1. The van der Waals surface area contributed by atoms with E-state index in [1.54, 1.807) is 0 Å². The zero-order valence-corrected chi connectivity index (χ0v) is 22.2. The number of carbonyl (C=O) groups excluding carboxylic acids is 1. The smallest absolute Gasteiger partial charge is 0.338 e. The quantitative estimate of drug-likeness (QED) is 0.286. The Morgan fingerprint density at radius 3 is 2.26 bits per heavy atom. The molecule has 0 aliphatic carbocycles. The Labute approximate surface area is 225 Å². The molecule has 0 bridgehead atoms. The Balaban J connectivity index is 1.53. The van der Waals surface area contributed by atoms with Gasteiger partial charge in [0.25, 0.3) is 0 Å². The summed E-state index contributed by atoms with van der Waals surface area (Å²) >= 11 is 0. The van der Waals surface area contributed by atoms with Crippen molar-refractivity contribution in [3.8, 4) is 5.75 Å². The van der Waals surface area contributed by atoms with Crippen molar-refractivity contribution < 1.29 is 14.3 Å². The second-order valence-corrected chi connectivity index (χ2v) is 9.83. The molecule has 5 heteroatoms. The molecule has 0 saturated carbocycles. The second-order valence-electron chi connectivity index (χ2n) is 9.83. The van der Waals surface area contributed by atoms with Crippen molar-refractivity contribution in [3.63, 3.8) is 0 Å². The van der Waals surface area contributed by atoms with Gasteiger partial charge in [-0.25, -0.2) is 4.79 Å². The lowest BCUT2D eigenvalue weighted by molar-refractivity contribution is -0.00783. The van der Waals surface area contributed by atoms with Crippen LogP contribution in [0.3, 0.4) is 0 Å². The standard InChI is InChI=1S/C33H36N2O3/c1-3-31(38-27-21-26-17-10-11-18-28(26)29(22-27)33(36)37-2)35-20-12-19-34-23-30(35)32(24-13-6-4-7-14-24)25-15-8-5-9-16-25/h4-11,13-18,21-22,30-32,34H,3,12,19-20,23H2,1-2H3. The molecule has 4 aromatic rings. The van der Waals surface area contributed by atoms with Crippen LogP contribution in [0.25, 0.3) is 10.8 Å². The van der Waals surface area contributed by atoms with E-state index in [1.165, 1.54) is 18.2 Å². The molecule has 4 aromatic carbocycles. The van der Waals surface area contributed by atoms with E-state index in [0.29, 0.717) is 11.3 Å². The average molecular weight is 509 g/mol. The largest absolute Gasteiger partial charge is 0.475 e. The molecule has 1 N–H and O–H groups in total. The van der Waals surface area contributed by atoms with Crippen molar-refractivity contribution in [3.05, 3.63) is 114 Å². The highest BCUT2D eigenvalue weighted by molar-refractivity contribution is 6.05. The van der Waals surface area contributed by atoms with Crippen molar-refractivity contribution in [1.82, 2.24) is 10.2 Å². The van der Waals surface area contributed by atoms with E-state index >= 15 is 0 Å². The maximum Gasteiger partial charge on any atom is 0.338 e. The molecule has 2 unspecified atom stereocenters. The summed E-state index contributed by atoms with van der Waals surface area (Å²) in [5.74, 6) is 0.510. The number of rotatable bonds is 8. The number of ether oxygens (including phenoxy) is 2. The minimum atomic E-state index is -0.357. The molecule has 1 aliphatic rings. The predicted octanol–water partition coefficient (Wildman–Crippen LogP) is 6.24. The van der Waals surface area contributed by atoms with Crippen molar-refractivity contribution >= 4 is 16.7 Å². The monoisotopic (exact) mass is 508 g/mol. The highest BCUT2D eigenvalue weighted by Gasteiger charge is 2.35. The molecule has 1 heterocycles. The molecule has 2 atom stereocenters. The van der Waals surface area contributed by atoms with Gasteiger partial charge in [0.05, 0.1) is 12.7 Å². The minimum Gasteiger partial charge on any atom is -0.475 e. The summed E-state index contributed by atoms with van der Waals surface area (Å²) in [5.41, 5.74) is 3.12. The number of hydrogen-bond acceptors (Lipinski definition) is 5. The van der Waals surface area contributed by atoms with Gasteiger partial charge in [0.2, 0.25) is 0 Å². The normalized spacial score (nSPS) is 17.2. The van der Waals surface area contributed by atoms with Crippen molar-refractivity contribution in [2.24, 2.45) is 0 Å². The third-order valence-corrected chi connectivity index (χ3v) is 7.48. The second kappa shape index (κ2) is 12.2. The summed E-state index contributed by atoms with van der Waals surface area (Å²) in [7, 11) is 1.42. The van der Waals surface area contributed by atoms with E-state index < -0.39 is 0 Å². The van der Waals surface area contributed by atoms with Crippen LogP contribution in [0.2, 0.25) is 0 Å². The molecular weight excluding hydrogens is 472 g/mol. The van der Waals surface area contributed by atoms with Crippen LogP contribution < -0.4 is 10.1 Å². The first-order chi connectivity index (χ1) is 18.7. The van der Waals surface area contributed by atoms with Crippen LogP contribution in [-0.2, 0) is 4.74 Å². The summed E-state index contributed by atoms with van der Waals surface area (Å²) in [4.78, 5) is 15.2. The van der Waals surface area contributed by atoms with Crippen LogP contribution in [0.1, 0.15) is 47.2 Å². The van der Waals surface area contributed by atoms with Crippen LogP contribution in [0.15, 0.2) is 97.1 Å². The van der Waals surface area contributed by atoms with E-state index in [0.717, 1.165) is 43.2 Å². The first-order valence-electron chi connectivity index (χ1n) is 13.5. The van der Waals surface area contributed by atoms with Gasteiger partial charge < -0.3 is 14.8 Å². The van der Waals surface area contributed by atoms with Gasteiger partial charge in [-0.15, -0.1) is 0 Å². The van der Waals surface area contributed by atoms with Crippen molar-refractivity contribution in [2.75, 3.05) is 26.7 Å². The summed E-state index contributed by atoms with van der Waals surface area (Å²) in [6.45, 7) is 4.92. The molecular formula is C33H36N2O3. The predicted molar refractivity (Wildman–Crippen MR) is 153 cm³/mol. The van der Waals surface area contributed by atoms with Crippen LogP contribution in [0.5, 0.6) is 5.75 Å². The Kier molecular flexibility index (Phi) is 8.37. The van der Waals surface area contributed by atoms with Crippen molar-refractivity contribution in [2.45, 2.75) is 38.0 Å². The highest BCUT2D eigenvalue weighted by Crippen LogP contribution is 2.34. The fourth-order valence-corrected chi connectivity index (χ4v) is 5.72. The zero-order chi connectivity index (χ0) is 26.3. The highest BCUT2D eigenvalue weighted by atomic mass is 16.5. The fourth-order valence-electron chi connectivity index (χ4n) is 5.72. The van der Waals surface area contributed by atoms with Gasteiger partial charge in [-0.1, -0.05) is 91.9 Å². The third-order valence-electron chi connectivity index (χ3n) is 7.48. The first kappa shape index (κ1) is 26.0. The number of benzene rings is 4. The van der Waals surface area contributed by atoms with Crippen LogP contribution in [0.4, 0.5) is 0 Å². The van der Waals surface area contributed by atoms with E-state index in [-0.39, 0.29) is 24.2 Å². The molecule has 1 fully saturated rings. The van der Waals surface area contributed by atoms with E-state index in [1.807, 2.05) is 36.4 Å². The van der Waals surface area contributed by atoms with Gasteiger partial charge in [0.15, 0.2) is 6.23 Å². The lowest BCUT2D eigenvalue weighted by Crippen LogP contribution is -2.51. The number of nitrogens with zero attached hydrogens (tertiary/aromatic N) is 1. The van der Waals surface area contributed by atoms with E-state index in [4.69, 9.17) is 9.47 Å². The van der Waals surface area contributed by atoms with Gasteiger partial charge in [-0.05, 0) is 53.4 Å². The molecule has 38 heavy (non-hydrogen) atoms. The van der Waals surface area contributed by atoms with Gasteiger partial charge >= 0.3 is 5.97 Å². The van der Waals surface area contributed by atoms with Crippen molar-refractivity contribution in [1.29, 1.82) is 0 Å². The molecule has 0 radical (unpaired) electrons. The Morgan fingerprint density at radius 1 is 0.947 bits per heavy atom. The molecule has 1 saturated heterocycles. The zero-order valence-electron chi connectivity index (χ0n) is 22.2. The van der Waals surface area contributed by atoms with Gasteiger partial charge in [-0.3, -0.25) is 4.90 Å². The molecule has 0 spiro atoms. The van der Waals surface area contributed by atoms with Crippen LogP contribution in [-0.4, -0.2) is 49.9 Å². The minimum absolute atomic E-state index is 0.151. The molecule has 1 aliphatic heterocycles. The topological polar surface area (TPSA) is 50.8 Å². The summed E-state index contributed by atoms with van der Waals surface area (Å²) in [6.07, 6.45) is 1.70. The SMILES string of the molecule is CCC(Oc1cc(C(=O)OC)c2ccccc2c1)N1CCCNCC1C(c1ccccc1)c1ccccc1. The fraction of sp³-hybridized carbons (Fsp3) is 0.303. The van der Waals surface area contributed by atoms with Gasteiger partial charge in [0.1, 0.15) is 5.75 Å². The number of esters is 1. The maximum absolute atomic E-state index is 12.6. The number of methoxy groups -OCH3 is 1. The molecule has 196 valence electrons. The van der Waals surface area contributed by atoms with Gasteiger partial charge in [-0.2, -0.15) is 0 Å². The maximum atomic E-state index is 12.6. The Hall–Kier alpha value is -3.67. The van der Waals surface area contributed by atoms with E-state index in [2.05, 4.69) is 77.8 Å². The lowest BCUT2D eigenvalue weighted by atomic mass is 9.84. The number of hydrogen-bond donors (Lipinski definition) is 1. The Bertz CT molecular complexity index is 1300. The third kappa shape index (κ3) is 5.59. The van der Waals surface area contributed by atoms with Crippen LogP contribution >= 0.6 is 0 Å². The van der Waals surface area contributed by atoms with Crippen LogP contribution in [0, 0.1) is 0 Å². The summed E-state index contributed by atoms with van der Waals surface area (Å²) < 4.78 is 11.8. The van der Waals surface area contributed by atoms with E-state index in [9.17, 15) is 4.79 Å². The Morgan fingerprint density at radius 2 is 1.61 bits per heavy atom. The molecule has 5 rings (SSSR count). The lowest BCUT2D eigenvalue weighted by Gasteiger charge is -2.40. The first-order valence-corrected chi connectivity index (χ1v) is 13.5. The molecule has 0 amide bonds. The average Bonchev–Trinajstić information content (AvgIpc) is 3.22. The summed E-state index contributed by atoms with van der Waals surface area (Å²) in [5, 5.41) is 5.51. The number of nitrogens with one attached hydrogen (secondary N) is 1. The molecule has 0 aromatic heterocycles. The summed E-state index contributed by atoms with van der Waals surface area (Å²) in [6, 6.07) is 33.5. The molecule has 5 nitrogen and oxygen atoms in total.